The summed E-state index contributed by atoms with van der Waals surface area (Å²) in [6, 6.07) is 2.87. The van der Waals surface area contributed by atoms with Gasteiger partial charge in [0.15, 0.2) is 5.15 Å². The summed E-state index contributed by atoms with van der Waals surface area (Å²) in [4.78, 5) is 38.7. The van der Waals surface area contributed by atoms with Crippen molar-refractivity contribution in [2.24, 2.45) is 0 Å². The molecule has 0 spiro atoms. The van der Waals surface area contributed by atoms with Crippen LogP contribution in [0, 0.1) is 0 Å². The first-order valence-corrected chi connectivity index (χ1v) is 7.16. The highest BCUT2D eigenvalue weighted by Crippen LogP contribution is 2.19. The van der Waals surface area contributed by atoms with Crippen molar-refractivity contribution >= 4 is 35.0 Å². The van der Waals surface area contributed by atoms with Crippen molar-refractivity contribution in [1.29, 1.82) is 0 Å². The van der Waals surface area contributed by atoms with Gasteiger partial charge in [0.05, 0.1) is 18.4 Å². The van der Waals surface area contributed by atoms with Crippen molar-refractivity contribution < 1.29 is 14.4 Å². The summed E-state index contributed by atoms with van der Waals surface area (Å²) < 4.78 is 1.32. The molecular weight excluding hydrogens is 338 g/mol. The van der Waals surface area contributed by atoms with E-state index in [1.165, 1.54) is 36.3 Å². The van der Waals surface area contributed by atoms with Gasteiger partial charge in [-0.1, -0.05) is 16.8 Å². The smallest absolute Gasteiger partial charge is 0.269 e. The van der Waals surface area contributed by atoms with Crippen LogP contribution in [0.4, 0.5) is 5.69 Å². The van der Waals surface area contributed by atoms with Crippen molar-refractivity contribution in [3.05, 3.63) is 35.4 Å². The Labute approximate surface area is 141 Å². The zero-order chi connectivity index (χ0) is 17.5. The summed E-state index contributed by atoms with van der Waals surface area (Å²) in [5, 5.41) is 14.5. The first-order valence-electron chi connectivity index (χ1n) is 6.79. The highest BCUT2D eigenvalue weighted by atomic mass is 35.5. The van der Waals surface area contributed by atoms with Crippen molar-refractivity contribution in [2.45, 2.75) is 6.54 Å². The maximum Gasteiger partial charge on any atom is 0.269 e. The molecule has 10 nitrogen and oxygen atoms in total. The van der Waals surface area contributed by atoms with E-state index >= 15 is 0 Å². The fraction of sp³-hybridized carbons (Fsp3) is 0.231. The third-order valence-electron chi connectivity index (χ3n) is 2.81. The predicted octanol–water partition coefficient (Wildman–Crippen LogP) is -0.559. The highest BCUT2D eigenvalue weighted by molar-refractivity contribution is 6.32. The lowest BCUT2D eigenvalue weighted by Crippen LogP contribution is -2.35. The third-order valence-corrected chi connectivity index (χ3v) is 3.09. The maximum absolute atomic E-state index is 11.8. The Kier molecular flexibility index (Phi) is 5.79. The average molecular weight is 352 g/mol. The molecule has 0 aliphatic heterocycles. The van der Waals surface area contributed by atoms with Crippen LogP contribution < -0.4 is 16.0 Å². The van der Waals surface area contributed by atoms with Gasteiger partial charge in [-0.3, -0.25) is 14.4 Å². The standard InChI is InChI=1S/C13H14ClN7O3/c1-15-13(24)9-3-2-8(12(14)19-9)18-10(22)6-16-11(23)7-21-5-4-17-20-21/h2-5H,6-7H2,1H3,(H,15,24)(H,16,23)(H,18,22). The van der Waals surface area contributed by atoms with Gasteiger partial charge < -0.3 is 16.0 Å². The second-order valence-corrected chi connectivity index (χ2v) is 4.90. The van der Waals surface area contributed by atoms with Crippen LogP contribution in [0.3, 0.4) is 0 Å². The maximum atomic E-state index is 11.8. The van der Waals surface area contributed by atoms with E-state index in [0.29, 0.717) is 0 Å². The van der Waals surface area contributed by atoms with Gasteiger partial charge in [-0.05, 0) is 12.1 Å². The molecule has 0 saturated carbocycles. The Morgan fingerprint density at radius 1 is 1.25 bits per heavy atom. The molecule has 3 amide bonds. The van der Waals surface area contributed by atoms with Crippen LogP contribution >= 0.6 is 11.6 Å². The van der Waals surface area contributed by atoms with E-state index in [2.05, 4.69) is 31.2 Å². The van der Waals surface area contributed by atoms with E-state index in [1.807, 2.05) is 0 Å². The van der Waals surface area contributed by atoms with Gasteiger partial charge in [-0.15, -0.1) is 5.10 Å². The van der Waals surface area contributed by atoms with Crippen molar-refractivity contribution in [1.82, 2.24) is 30.6 Å². The number of hydrogen-bond acceptors (Lipinski definition) is 6. The van der Waals surface area contributed by atoms with Gasteiger partial charge in [0.1, 0.15) is 12.2 Å². The van der Waals surface area contributed by atoms with Crippen LogP contribution in [-0.2, 0) is 16.1 Å². The molecule has 2 aromatic rings. The van der Waals surface area contributed by atoms with E-state index in [1.54, 1.807) is 0 Å². The lowest BCUT2D eigenvalue weighted by Gasteiger charge is -2.09. The molecule has 126 valence electrons. The van der Waals surface area contributed by atoms with Crippen LogP contribution in [0.1, 0.15) is 10.5 Å². The number of amides is 3. The Hall–Kier alpha value is -3.01. The van der Waals surface area contributed by atoms with Gasteiger partial charge in [-0.25, -0.2) is 9.67 Å². The number of carbonyl (C=O) groups is 3. The second kappa shape index (κ2) is 8.02. The molecule has 0 bridgehead atoms. The first-order chi connectivity index (χ1) is 11.5. The highest BCUT2D eigenvalue weighted by Gasteiger charge is 2.12. The van der Waals surface area contributed by atoms with Crippen molar-refractivity contribution in [2.75, 3.05) is 18.9 Å². The van der Waals surface area contributed by atoms with Crippen LogP contribution in [0.5, 0.6) is 0 Å². The summed E-state index contributed by atoms with van der Waals surface area (Å²) >= 11 is 5.92. The van der Waals surface area contributed by atoms with E-state index < -0.39 is 17.7 Å². The summed E-state index contributed by atoms with van der Waals surface area (Å²) in [5.74, 6) is -1.27. The van der Waals surface area contributed by atoms with Crippen LogP contribution in [-0.4, -0.2) is 51.3 Å². The van der Waals surface area contributed by atoms with Crippen molar-refractivity contribution in [3.8, 4) is 0 Å². The van der Waals surface area contributed by atoms with Gasteiger partial charge in [0, 0.05) is 13.2 Å². The number of aromatic nitrogens is 4. The van der Waals surface area contributed by atoms with Gasteiger partial charge in [-0.2, -0.15) is 0 Å². The van der Waals surface area contributed by atoms with Crippen LogP contribution in [0.25, 0.3) is 0 Å². The van der Waals surface area contributed by atoms with Crippen LogP contribution in [0.15, 0.2) is 24.5 Å². The molecule has 11 heteroatoms. The zero-order valence-electron chi connectivity index (χ0n) is 12.6. The fourth-order valence-corrected chi connectivity index (χ4v) is 1.88. The summed E-state index contributed by atoms with van der Waals surface area (Å²) in [6.45, 7) is -0.294. The molecule has 0 fully saturated rings. The van der Waals surface area contributed by atoms with Crippen LogP contribution in [0.2, 0.25) is 5.15 Å². The topological polar surface area (TPSA) is 131 Å². The lowest BCUT2D eigenvalue weighted by molar-refractivity contribution is -0.124. The Morgan fingerprint density at radius 3 is 2.67 bits per heavy atom. The molecule has 0 aliphatic carbocycles. The molecular formula is C13H14ClN7O3. The number of halogens is 1. The molecule has 2 heterocycles. The summed E-state index contributed by atoms with van der Waals surface area (Å²) in [5.41, 5.74) is 0.362. The Bertz CT molecular complexity index is 748. The number of nitrogens with zero attached hydrogens (tertiary/aromatic N) is 4. The van der Waals surface area contributed by atoms with E-state index in [0.717, 1.165) is 0 Å². The molecule has 2 aromatic heterocycles. The van der Waals surface area contributed by atoms with Crippen molar-refractivity contribution in [3.63, 3.8) is 0 Å². The van der Waals surface area contributed by atoms with E-state index in [-0.39, 0.29) is 29.6 Å². The second-order valence-electron chi connectivity index (χ2n) is 4.54. The minimum atomic E-state index is -0.488. The minimum absolute atomic E-state index is 0.0293. The predicted molar refractivity (Wildman–Crippen MR) is 84.3 cm³/mol. The van der Waals surface area contributed by atoms with Gasteiger partial charge in [0.2, 0.25) is 11.8 Å². The molecule has 3 N–H and O–H groups in total. The number of nitrogens with one attached hydrogen (secondary N) is 3. The zero-order valence-corrected chi connectivity index (χ0v) is 13.4. The van der Waals surface area contributed by atoms with E-state index in [9.17, 15) is 14.4 Å². The molecule has 0 saturated heterocycles. The molecule has 0 aromatic carbocycles. The monoisotopic (exact) mass is 351 g/mol. The minimum Gasteiger partial charge on any atom is -0.354 e. The number of rotatable bonds is 6. The normalized spacial score (nSPS) is 10.1. The average Bonchev–Trinajstić information content (AvgIpc) is 3.07. The first kappa shape index (κ1) is 17.3. The number of carbonyl (C=O) groups excluding carboxylic acids is 3. The number of hydrogen-bond donors (Lipinski definition) is 3. The molecule has 24 heavy (non-hydrogen) atoms. The van der Waals surface area contributed by atoms with Gasteiger partial charge in [0.25, 0.3) is 5.91 Å². The Balaban J connectivity index is 1.85. The molecule has 0 atom stereocenters. The number of anilines is 1. The van der Waals surface area contributed by atoms with E-state index in [4.69, 9.17) is 11.6 Å². The SMILES string of the molecule is CNC(=O)c1ccc(NC(=O)CNC(=O)Cn2ccnn2)c(Cl)n1. The largest absolute Gasteiger partial charge is 0.354 e. The summed E-state index contributed by atoms with van der Waals surface area (Å²) in [6.07, 6.45) is 2.97. The quantitative estimate of drug-likeness (QED) is 0.598. The molecule has 0 radical (unpaired) electrons. The third kappa shape index (κ3) is 4.74. The molecule has 0 aliphatic rings. The van der Waals surface area contributed by atoms with Gasteiger partial charge >= 0.3 is 0 Å². The molecule has 0 unspecified atom stereocenters. The summed E-state index contributed by atoms with van der Waals surface area (Å²) in [7, 11) is 1.47. The lowest BCUT2D eigenvalue weighted by atomic mass is 10.3. The Morgan fingerprint density at radius 2 is 2.04 bits per heavy atom. The molecule has 2 rings (SSSR count). The number of pyridine rings is 1. The fourth-order valence-electron chi connectivity index (χ4n) is 1.68.